The molecule has 1 aromatic heterocycles. The van der Waals surface area contributed by atoms with Crippen LogP contribution in [0, 0.1) is 0 Å². The maximum atomic E-state index is 12.2. The first-order valence-electron chi connectivity index (χ1n) is 8.90. The number of rotatable bonds is 6. The number of aromatic nitrogens is 2. The van der Waals surface area contributed by atoms with Gasteiger partial charge in [-0.3, -0.25) is 9.59 Å². The number of hydrogen-bond acceptors (Lipinski definition) is 7. The molecule has 0 saturated carbocycles. The highest BCUT2D eigenvalue weighted by Gasteiger charge is 2.38. The second-order valence-electron chi connectivity index (χ2n) is 6.39. The molecule has 0 fully saturated rings. The number of carbonyl (C=O) groups excluding carboxylic acids is 3. The third kappa shape index (κ3) is 3.92. The van der Waals surface area contributed by atoms with E-state index in [9.17, 15) is 14.4 Å². The van der Waals surface area contributed by atoms with Crippen LogP contribution in [0.4, 0.5) is 0 Å². The lowest BCUT2D eigenvalue weighted by Crippen LogP contribution is -2.32. The van der Waals surface area contributed by atoms with E-state index >= 15 is 0 Å². The SMILES string of the molecule is O=C(CCCc1nnc(-c2ccc(Cl)cc2Cl)o1)ON1C(=O)c2ccccc2C1=O. The Balaban J connectivity index is 1.31. The van der Waals surface area contributed by atoms with Gasteiger partial charge in [0.05, 0.1) is 21.7 Å². The normalized spacial score (nSPS) is 12.9. The van der Waals surface area contributed by atoms with Gasteiger partial charge in [-0.15, -0.1) is 10.2 Å². The number of hydrogen-bond donors (Lipinski definition) is 0. The van der Waals surface area contributed by atoms with Gasteiger partial charge in [0, 0.05) is 17.9 Å². The molecule has 0 N–H and O–H groups in total. The second-order valence-corrected chi connectivity index (χ2v) is 7.24. The van der Waals surface area contributed by atoms with Crippen LogP contribution in [-0.2, 0) is 16.1 Å². The fraction of sp³-hybridized carbons (Fsp3) is 0.150. The zero-order chi connectivity index (χ0) is 21.3. The van der Waals surface area contributed by atoms with Crippen molar-refractivity contribution in [2.24, 2.45) is 0 Å². The molecule has 3 aromatic rings. The number of amides is 2. The zero-order valence-corrected chi connectivity index (χ0v) is 16.8. The Morgan fingerprint density at radius 2 is 1.70 bits per heavy atom. The van der Waals surface area contributed by atoms with Gasteiger partial charge in [0.1, 0.15) is 0 Å². The number of carbonyl (C=O) groups is 3. The summed E-state index contributed by atoms with van der Waals surface area (Å²) in [4.78, 5) is 41.4. The topological polar surface area (TPSA) is 103 Å². The fourth-order valence-electron chi connectivity index (χ4n) is 2.91. The summed E-state index contributed by atoms with van der Waals surface area (Å²) >= 11 is 12.0. The standard InChI is InChI=1S/C20H13Cl2N3O5/c21-11-8-9-14(15(22)10-11)18-24-23-16(29-18)6-3-7-17(26)30-25-19(27)12-4-1-2-5-13(12)20(25)28/h1-2,4-5,8-10H,3,6-7H2. The van der Waals surface area contributed by atoms with Crippen LogP contribution in [0.2, 0.25) is 10.0 Å². The molecular weight excluding hydrogens is 433 g/mol. The highest BCUT2D eigenvalue weighted by molar-refractivity contribution is 6.36. The minimum absolute atomic E-state index is 0.0488. The molecule has 0 bridgehead atoms. The Kier molecular flexibility index (Phi) is 5.52. The van der Waals surface area contributed by atoms with Gasteiger partial charge in [0.2, 0.25) is 11.8 Å². The van der Waals surface area contributed by atoms with Gasteiger partial charge in [0.25, 0.3) is 11.8 Å². The number of aryl methyl sites for hydroxylation is 1. The first-order valence-corrected chi connectivity index (χ1v) is 9.66. The second kappa shape index (κ2) is 8.25. The summed E-state index contributed by atoms with van der Waals surface area (Å²) in [5.74, 6) is -1.49. The van der Waals surface area contributed by atoms with Crippen molar-refractivity contribution in [3.05, 3.63) is 69.5 Å². The van der Waals surface area contributed by atoms with Crippen molar-refractivity contribution in [3.8, 4) is 11.5 Å². The molecule has 0 saturated heterocycles. The van der Waals surface area contributed by atoms with Crippen LogP contribution in [0.15, 0.2) is 46.9 Å². The third-order valence-corrected chi connectivity index (χ3v) is 4.90. The van der Waals surface area contributed by atoms with Crippen LogP contribution in [-0.4, -0.2) is 33.0 Å². The molecule has 0 aliphatic carbocycles. The van der Waals surface area contributed by atoms with Crippen LogP contribution >= 0.6 is 23.2 Å². The molecule has 2 heterocycles. The van der Waals surface area contributed by atoms with Crippen molar-refractivity contribution in [1.29, 1.82) is 0 Å². The Labute approximate surface area is 180 Å². The molecule has 152 valence electrons. The van der Waals surface area contributed by atoms with E-state index in [2.05, 4.69) is 10.2 Å². The van der Waals surface area contributed by atoms with E-state index in [1.165, 1.54) is 12.1 Å². The largest absolute Gasteiger partial charge is 0.421 e. The quantitative estimate of drug-likeness (QED) is 0.525. The zero-order valence-electron chi connectivity index (χ0n) is 15.3. The van der Waals surface area contributed by atoms with Crippen LogP contribution in [0.1, 0.15) is 39.4 Å². The van der Waals surface area contributed by atoms with E-state index in [1.807, 2.05) is 0 Å². The molecule has 1 aliphatic rings. The number of nitrogens with zero attached hydrogens (tertiary/aromatic N) is 3. The summed E-state index contributed by atoms with van der Waals surface area (Å²) < 4.78 is 5.56. The van der Waals surface area contributed by atoms with Crippen molar-refractivity contribution < 1.29 is 23.6 Å². The van der Waals surface area contributed by atoms with Crippen molar-refractivity contribution in [1.82, 2.24) is 15.3 Å². The van der Waals surface area contributed by atoms with Gasteiger partial charge < -0.3 is 9.25 Å². The molecule has 30 heavy (non-hydrogen) atoms. The van der Waals surface area contributed by atoms with Crippen LogP contribution in [0.5, 0.6) is 0 Å². The van der Waals surface area contributed by atoms with Crippen molar-refractivity contribution in [2.45, 2.75) is 19.3 Å². The lowest BCUT2D eigenvalue weighted by Gasteiger charge is -2.12. The predicted molar refractivity (Wildman–Crippen MR) is 106 cm³/mol. The van der Waals surface area contributed by atoms with Gasteiger partial charge in [-0.2, -0.15) is 0 Å². The Bertz CT molecular complexity index is 1130. The molecule has 0 radical (unpaired) electrons. The molecule has 4 rings (SSSR count). The first-order chi connectivity index (χ1) is 14.4. The summed E-state index contributed by atoms with van der Waals surface area (Å²) in [7, 11) is 0. The monoisotopic (exact) mass is 445 g/mol. The van der Waals surface area contributed by atoms with E-state index in [0.717, 1.165) is 0 Å². The summed E-state index contributed by atoms with van der Waals surface area (Å²) in [6, 6.07) is 11.2. The number of benzene rings is 2. The van der Waals surface area contributed by atoms with E-state index in [-0.39, 0.29) is 23.4 Å². The number of halogens is 2. The predicted octanol–water partition coefficient (Wildman–Crippen LogP) is 4.12. The summed E-state index contributed by atoms with van der Waals surface area (Å²) in [5, 5.41) is 9.22. The Morgan fingerprint density at radius 3 is 2.37 bits per heavy atom. The average molecular weight is 446 g/mol. The molecule has 2 aromatic carbocycles. The first kappa shape index (κ1) is 20.1. The molecular formula is C20H13Cl2N3O5. The van der Waals surface area contributed by atoms with Crippen LogP contribution in [0.3, 0.4) is 0 Å². The van der Waals surface area contributed by atoms with Crippen molar-refractivity contribution in [2.75, 3.05) is 0 Å². The highest BCUT2D eigenvalue weighted by atomic mass is 35.5. The van der Waals surface area contributed by atoms with Gasteiger partial charge in [-0.05, 0) is 36.8 Å². The van der Waals surface area contributed by atoms with Crippen molar-refractivity contribution in [3.63, 3.8) is 0 Å². The molecule has 8 nitrogen and oxygen atoms in total. The van der Waals surface area contributed by atoms with E-state index in [1.54, 1.807) is 30.3 Å². The number of imide groups is 1. The molecule has 0 spiro atoms. The third-order valence-electron chi connectivity index (χ3n) is 4.35. The van der Waals surface area contributed by atoms with Crippen LogP contribution < -0.4 is 0 Å². The van der Waals surface area contributed by atoms with Crippen LogP contribution in [0.25, 0.3) is 11.5 Å². The summed E-state index contributed by atoms with van der Waals surface area (Å²) in [5.41, 5.74) is 0.953. The molecule has 1 aliphatic heterocycles. The average Bonchev–Trinajstić information content (AvgIpc) is 3.27. The smallest absolute Gasteiger partial charge is 0.333 e. The van der Waals surface area contributed by atoms with Gasteiger partial charge >= 0.3 is 5.97 Å². The maximum absolute atomic E-state index is 12.2. The lowest BCUT2D eigenvalue weighted by molar-refractivity contribution is -0.168. The maximum Gasteiger partial charge on any atom is 0.333 e. The van der Waals surface area contributed by atoms with Gasteiger partial charge in [-0.25, -0.2) is 4.79 Å². The molecule has 0 atom stereocenters. The fourth-order valence-corrected chi connectivity index (χ4v) is 3.40. The minimum atomic E-state index is -0.718. The molecule has 2 amide bonds. The highest BCUT2D eigenvalue weighted by Crippen LogP contribution is 2.29. The lowest BCUT2D eigenvalue weighted by atomic mass is 10.1. The summed E-state index contributed by atoms with van der Waals surface area (Å²) in [6.45, 7) is 0. The van der Waals surface area contributed by atoms with Gasteiger partial charge in [0.15, 0.2) is 0 Å². The molecule has 10 heteroatoms. The van der Waals surface area contributed by atoms with E-state index in [4.69, 9.17) is 32.5 Å². The van der Waals surface area contributed by atoms with Crippen molar-refractivity contribution >= 4 is 41.0 Å². The van der Waals surface area contributed by atoms with Gasteiger partial charge in [-0.1, -0.05) is 40.4 Å². The van der Waals surface area contributed by atoms with E-state index in [0.29, 0.717) is 39.4 Å². The molecule has 0 unspecified atom stereocenters. The summed E-state index contributed by atoms with van der Waals surface area (Å²) in [6.07, 6.45) is 0.570. The minimum Gasteiger partial charge on any atom is -0.421 e. The number of hydroxylamine groups is 2. The Hall–Kier alpha value is -3.23. The Morgan fingerprint density at radius 1 is 1.00 bits per heavy atom. The number of fused-ring (bicyclic) bond motifs is 1. The van der Waals surface area contributed by atoms with E-state index < -0.39 is 17.8 Å².